The van der Waals surface area contributed by atoms with Crippen molar-refractivity contribution in [1.82, 2.24) is 4.90 Å². The lowest BCUT2D eigenvalue weighted by molar-refractivity contribution is 0.201. The molecule has 1 atom stereocenters. The predicted octanol–water partition coefficient (Wildman–Crippen LogP) is 3.98. The molecule has 0 radical (unpaired) electrons. The average molecular weight is 294 g/mol. The fourth-order valence-corrected chi connectivity index (χ4v) is 3.56. The third kappa shape index (κ3) is 2.87. The number of fused-ring (bicyclic) bond motifs is 1. The Kier molecular flexibility index (Phi) is 4.78. The molecule has 1 aromatic heterocycles. The Morgan fingerprint density at radius 1 is 1.30 bits per heavy atom. The topological polar surface area (TPSA) is 29.3 Å². The fourth-order valence-electron chi connectivity index (χ4n) is 2.45. The zero-order valence-corrected chi connectivity index (χ0v) is 13.4. The predicted molar refractivity (Wildman–Crippen MR) is 85.4 cm³/mol. The van der Waals surface area contributed by atoms with Gasteiger partial charge in [0, 0.05) is 34.1 Å². The Morgan fingerprint density at radius 2 is 2.00 bits per heavy atom. The van der Waals surface area contributed by atoms with Crippen LogP contribution in [0.1, 0.15) is 31.2 Å². The van der Waals surface area contributed by atoms with E-state index in [0.29, 0.717) is 18.5 Å². The lowest BCUT2D eigenvalue weighted by Gasteiger charge is -2.28. The maximum Gasteiger partial charge on any atom is 0.132 e. The molecule has 0 amide bonds. The molecule has 4 heteroatoms. The third-order valence-electron chi connectivity index (χ3n) is 4.10. The molecule has 2 N–H and O–H groups in total. The summed E-state index contributed by atoms with van der Waals surface area (Å²) in [4.78, 5) is 3.37. The van der Waals surface area contributed by atoms with Gasteiger partial charge in [-0.25, -0.2) is 4.39 Å². The van der Waals surface area contributed by atoms with Gasteiger partial charge >= 0.3 is 0 Å². The minimum absolute atomic E-state index is 0.140. The SMILES string of the molecule is CC(C)C(C)N(C)Cc1c(CN)sc2cccc(F)c12. The summed E-state index contributed by atoms with van der Waals surface area (Å²) in [6.07, 6.45) is 0. The van der Waals surface area contributed by atoms with E-state index in [1.165, 1.54) is 6.07 Å². The lowest BCUT2D eigenvalue weighted by atomic mass is 10.0. The molecule has 2 aromatic rings. The van der Waals surface area contributed by atoms with Gasteiger partial charge in [-0.05, 0) is 37.6 Å². The van der Waals surface area contributed by atoms with Gasteiger partial charge in [0.1, 0.15) is 5.82 Å². The number of rotatable bonds is 5. The molecule has 0 aliphatic rings. The van der Waals surface area contributed by atoms with Crippen LogP contribution < -0.4 is 5.73 Å². The second kappa shape index (κ2) is 6.20. The molecule has 0 bridgehead atoms. The van der Waals surface area contributed by atoms with Crippen LogP contribution in [-0.4, -0.2) is 18.0 Å². The molecule has 0 aliphatic heterocycles. The van der Waals surface area contributed by atoms with Crippen LogP contribution in [0.4, 0.5) is 4.39 Å². The van der Waals surface area contributed by atoms with Gasteiger partial charge in [-0.1, -0.05) is 19.9 Å². The van der Waals surface area contributed by atoms with Gasteiger partial charge in [0.2, 0.25) is 0 Å². The molecule has 0 saturated carbocycles. The summed E-state index contributed by atoms with van der Waals surface area (Å²) < 4.78 is 15.1. The molecule has 2 rings (SSSR count). The van der Waals surface area contributed by atoms with E-state index in [2.05, 4.69) is 32.7 Å². The molecule has 0 spiro atoms. The zero-order valence-electron chi connectivity index (χ0n) is 12.6. The van der Waals surface area contributed by atoms with Gasteiger partial charge in [0.05, 0.1) is 0 Å². The highest BCUT2D eigenvalue weighted by Crippen LogP contribution is 2.34. The van der Waals surface area contributed by atoms with E-state index in [1.54, 1.807) is 17.4 Å². The monoisotopic (exact) mass is 294 g/mol. The summed E-state index contributed by atoms with van der Waals surface area (Å²) in [7, 11) is 2.09. The Labute approximate surface area is 124 Å². The molecular formula is C16H23FN2S. The van der Waals surface area contributed by atoms with Crippen LogP contribution >= 0.6 is 11.3 Å². The number of hydrogen-bond acceptors (Lipinski definition) is 3. The highest BCUT2D eigenvalue weighted by molar-refractivity contribution is 7.19. The van der Waals surface area contributed by atoms with Crippen molar-refractivity contribution in [3.63, 3.8) is 0 Å². The second-order valence-electron chi connectivity index (χ2n) is 5.72. The van der Waals surface area contributed by atoms with E-state index in [-0.39, 0.29) is 5.82 Å². The Balaban J connectivity index is 2.42. The normalized spacial score (nSPS) is 13.6. The highest BCUT2D eigenvalue weighted by atomic mass is 32.1. The minimum atomic E-state index is -0.140. The van der Waals surface area contributed by atoms with Crippen molar-refractivity contribution in [3.05, 3.63) is 34.5 Å². The molecule has 20 heavy (non-hydrogen) atoms. The third-order valence-corrected chi connectivity index (χ3v) is 5.32. The Bertz CT molecular complexity index is 591. The Morgan fingerprint density at radius 3 is 2.60 bits per heavy atom. The van der Waals surface area contributed by atoms with Crippen LogP contribution in [0.3, 0.4) is 0 Å². The quantitative estimate of drug-likeness (QED) is 0.904. The number of halogens is 1. The van der Waals surface area contributed by atoms with E-state index in [4.69, 9.17) is 5.73 Å². The summed E-state index contributed by atoms with van der Waals surface area (Å²) in [5.74, 6) is 0.426. The maximum atomic E-state index is 14.2. The van der Waals surface area contributed by atoms with Gasteiger partial charge in [0.15, 0.2) is 0 Å². The van der Waals surface area contributed by atoms with Gasteiger partial charge in [-0.15, -0.1) is 11.3 Å². The van der Waals surface area contributed by atoms with Crippen LogP contribution in [0.25, 0.3) is 10.1 Å². The van der Waals surface area contributed by atoms with Gasteiger partial charge in [0.25, 0.3) is 0 Å². The lowest BCUT2D eigenvalue weighted by Crippen LogP contribution is -2.33. The number of thiophene rings is 1. The van der Waals surface area contributed by atoms with E-state index in [0.717, 1.165) is 27.1 Å². The van der Waals surface area contributed by atoms with Gasteiger partial charge in [-0.3, -0.25) is 4.90 Å². The first-order valence-corrected chi connectivity index (χ1v) is 7.86. The van der Waals surface area contributed by atoms with E-state index < -0.39 is 0 Å². The molecule has 110 valence electrons. The van der Waals surface area contributed by atoms with E-state index in [1.807, 2.05) is 6.07 Å². The maximum absolute atomic E-state index is 14.2. The molecular weight excluding hydrogens is 271 g/mol. The van der Waals surface area contributed by atoms with Gasteiger partial charge in [-0.2, -0.15) is 0 Å². The second-order valence-corrected chi connectivity index (χ2v) is 6.86. The van der Waals surface area contributed by atoms with Crippen LogP contribution in [0.15, 0.2) is 18.2 Å². The summed E-state index contributed by atoms with van der Waals surface area (Å²) in [5, 5.41) is 0.751. The Hall–Kier alpha value is -0.970. The van der Waals surface area contributed by atoms with E-state index >= 15 is 0 Å². The standard InChI is InChI=1S/C16H23FN2S/c1-10(2)11(3)19(4)9-12-15(8-18)20-14-7-5-6-13(17)16(12)14/h5-7,10-11H,8-9,18H2,1-4H3. The smallest absolute Gasteiger partial charge is 0.132 e. The van der Waals surface area contributed by atoms with E-state index in [9.17, 15) is 4.39 Å². The average Bonchev–Trinajstić information content (AvgIpc) is 2.77. The van der Waals surface area contributed by atoms with Crippen molar-refractivity contribution >= 4 is 21.4 Å². The van der Waals surface area contributed by atoms with Crippen molar-refractivity contribution in [2.45, 2.75) is 39.9 Å². The van der Waals surface area contributed by atoms with Crippen molar-refractivity contribution in [2.24, 2.45) is 11.7 Å². The molecule has 0 saturated heterocycles. The van der Waals surface area contributed by atoms with Gasteiger partial charge < -0.3 is 5.73 Å². The number of nitrogens with zero attached hydrogens (tertiary/aromatic N) is 1. The number of nitrogens with two attached hydrogens (primary N) is 1. The summed E-state index contributed by atoms with van der Waals surface area (Å²) in [6.45, 7) is 7.83. The first-order valence-electron chi connectivity index (χ1n) is 7.04. The summed E-state index contributed by atoms with van der Waals surface area (Å²) in [5.41, 5.74) is 6.90. The van der Waals surface area contributed by atoms with Crippen molar-refractivity contribution < 1.29 is 4.39 Å². The van der Waals surface area contributed by atoms with Crippen LogP contribution in [0.2, 0.25) is 0 Å². The van der Waals surface area contributed by atoms with Crippen LogP contribution in [-0.2, 0) is 13.1 Å². The molecule has 2 nitrogen and oxygen atoms in total. The van der Waals surface area contributed by atoms with Crippen molar-refractivity contribution in [3.8, 4) is 0 Å². The van der Waals surface area contributed by atoms with Crippen LogP contribution in [0.5, 0.6) is 0 Å². The first-order chi connectivity index (χ1) is 9.45. The number of benzene rings is 1. The first kappa shape index (κ1) is 15.4. The molecule has 1 heterocycles. The van der Waals surface area contributed by atoms with Crippen molar-refractivity contribution in [2.75, 3.05) is 7.05 Å². The fraction of sp³-hybridized carbons (Fsp3) is 0.500. The van der Waals surface area contributed by atoms with Crippen molar-refractivity contribution in [1.29, 1.82) is 0 Å². The number of hydrogen-bond donors (Lipinski definition) is 1. The minimum Gasteiger partial charge on any atom is -0.326 e. The molecule has 0 aliphatic carbocycles. The largest absolute Gasteiger partial charge is 0.326 e. The summed E-state index contributed by atoms with van der Waals surface area (Å²) in [6, 6.07) is 5.71. The molecule has 1 unspecified atom stereocenters. The zero-order chi connectivity index (χ0) is 14.9. The molecule has 0 fully saturated rings. The molecule has 1 aromatic carbocycles. The highest BCUT2D eigenvalue weighted by Gasteiger charge is 2.19. The van der Waals surface area contributed by atoms with Crippen LogP contribution in [0, 0.1) is 11.7 Å². The summed E-state index contributed by atoms with van der Waals surface area (Å²) >= 11 is 1.61.